The molecule has 0 spiro atoms. The minimum Gasteiger partial charge on any atom is -0.416 e. The first-order valence-electron chi connectivity index (χ1n) is 5.31. The second-order valence-corrected chi connectivity index (χ2v) is 4.59. The molecule has 2 aromatic rings. The second kappa shape index (κ2) is 5.49. The van der Waals surface area contributed by atoms with Gasteiger partial charge in [0.1, 0.15) is 0 Å². The summed E-state index contributed by atoms with van der Waals surface area (Å²) in [7, 11) is 0. The van der Waals surface area contributed by atoms with Gasteiger partial charge in [0.2, 0.25) is 11.9 Å². The summed E-state index contributed by atoms with van der Waals surface area (Å²) in [6, 6.07) is 3.57. The standard InChI is InChI=1S/C10H9F3N4O2S/c1-5(19-17-9(14)10(11,12)13)7-15-16-8(18-7)6-3-2-4-20-6/h2-5H,1H3,(H2,14,17). The number of nitrogens with zero attached hydrogens (tertiary/aromatic N) is 3. The van der Waals surface area contributed by atoms with Crippen LogP contribution in [0.15, 0.2) is 27.1 Å². The third kappa shape index (κ3) is 3.26. The summed E-state index contributed by atoms with van der Waals surface area (Å²) in [4.78, 5) is 5.34. The zero-order chi connectivity index (χ0) is 14.8. The Morgan fingerprint density at radius 2 is 2.25 bits per heavy atom. The number of hydrogen-bond acceptors (Lipinski definition) is 6. The van der Waals surface area contributed by atoms with Gasteiger partial charge in [-0.1, -0.05) is 11.2 Å². The van der Waals surface area contributed by atoms with Gasteiger partial charge in [-0.25, -0.2) is 0 Å². The minimum absolute atomic E-state index is 0.00660. The minimum atomic E-state index is -4.74. The molecule has 2 rings (SSSR count). The quantitative estimate of drug-likeness (QED) is 0.533. The highest BCUT2D eigenvalue weighted by molar-refractivity contribution is 7.13. The van der Waals surface area contributed by atoms with Crippen LogP contribution in [0.1, 0.15) is 18.9 Å². The molecule has 108 valence electrons. The highest BCUT2D eigenvalue weighted by Gasteiger charge is 2.34. The van der Waals surface area contributed by atoms with E-state index in [4.69, 9.17) is 10.2 Å². The van der Waals surface area contributed by atoms with Gasteiger partial charge >= 0.3 is 6.18 Å². The van der Waals surface area contributed by atoms with Crippen LogP contribution in [0.2, 0.25) is 0 Å². The van der Waals surface area contributed by atoms with E-state index in [1.54, 1.807) is 12.1 Å². The number of rotatable bonds is 4. The van der Waals surface area contributed by atoms with Crippen LogP contribution >= 0.6 is 11.3 Å². The van der Waals surface area contributed by atoms with Crippen LogP contribution in [0.3, 0.4) is 0 Å². The molecule has 0 aliphatic rings. The molecule has 2 aromatic heterocycles. The molecule has 6 nitrogen and oxygen atoms in total. The van der Waals surface area contributed by atoms with Crippen LogP contribution in [0.4, 0.5) is 13.2 Å². The van der Waals surface area contributed by atoms with Crippen molar-refractivity contribution >= 4 is 17.2 Å². The Balaban J connectivity index is 2.05. The van der Waals surface area contributed by atoms with Crippen molar-refractivity contribution in [2.24, 2.45) is 10.9 Å². The van der Waals surface area contributed by atoms with Crippen molar-refractivity contribution in [3.8, 4) is 10.8 Å². The fourth-order valence-electron chi connectivity index (χ4n) is 1.13. The van der Waals surface area contributed by atoms with Gasteiger partial charge in [-0.05, 0) is 18.4 Å². The molecule has 2 N–H and O–H groups in total. The van der Waals surface area contributed by atoms with E-state index in [0.717, 1.165) is 4.88 Å². The molecule has 0 saturated heterocycles. The van der Waals surface area contributed by atoms with E-state index in [9.17, 15) is 13.2 Å². The molecular formula is C10H9F3N4O2S. The van der Waals surface area contributed by atoms with E-state index < -0.39 is 18.1 Å². The molecule has 1 atom stereocenters. The van der Waals surface area contributed by atoms with Crippen molar-refractivity contribution in [3.63, 3.8) is 0 Å². The molecule has 0 saturated carbocycles. The number of halogens is 3. The van der Waals surface area contributed by atoms with E-state index in [1.165, 1.54) is 18.3 Å². The van der Waals surface area contributed by atoms with Gasteiger partial charge in [0.05, 0.1) is 4.88 Å². The zero-order valence-corrected chi connectivity index (χ0v) is 10.9. The molecule has 20 heavy (non-hydrogen) atoms. The van der Waals surface area contributed by atoms with Gasteiger partial charge < -0.3 is 15.0 Å². The molecule has 0 aliphatic carbocycles. The molecular weight excluding hydrogens is 297 g/mol. The maximum atomic E-state index is 12.1. The summed E-state index contributed by atoms with van der Waals surface area (Å²) in [5.74, 6) is -1.31. The van der Waals surface area contributed by atoms with Gasteiger partial charge in [-0.3, -0.25) is 0 Å². The first-order chi connectivity index (χ1) is 9.38. The van der Waals surface area contributed by atoms with E-state index in [1.807, 2.05) is 5.38 Å². The zero-order valence-electron chi connectivity index (χ0n) is 10.1. The SMILES string of the molecule is CC(ON=C(N)C(F)(F)F)c1nnc(-c2cccs2)o1. The van der Waals surface area contributed by atoms with Crippen molar-refractivity contribution in [1.82, 2.24) is 10.2 Å². The highest BCUT2D eigenvalue weighted by Crippen LogP contribution is 2.26. The molecule has 0 radical (unpaired) electrons. The highest BCUT2D eigenvalue weighted by atomic mass is 32.1. The molecule has 1 unspecified atom stereocenters. The number of oxime groups is 1. The Morgan fingerprint density at radius 1 is 1.50 bits per heavy atom. The normalized spacial score (nSPS) is 14.3. The summed E-state index contributed by atoms with van der Waals surface area (Å²) >= 11 is 1.39. The van der Waals surface area contributed by atoms with Crippen molar-refractivity contribution in [2.45, 2.75) is 19.2 Å². The predicted octanol–water partition coefficient (Wildman–Crippen LogP) is 2.71. The lowest BCUT2D eigenvalue weighted by molar-refractivity contribution is -0.0656. The second-order valence-electron chi connectivity index (χ2n) is 3.64. The van der Waals surface area contributed by atoms with Crippen molar-refractivity contribution in [2.75, 3.05) is 0 Å². The lowest BCUT2D eigenvalue weighted by Gasteiger charge is -2.07. The van der Waals surface area contributed by atoms with Crippen molar-refractivity contribution < 1.29 is 22.4 Å². The fraction of sp³-hybridized carbons (Fsp3) is 0.300. The first kappa shape index (κ1) is 14.3. The molecule has 10 heteroatoms. The predicted molar refractivity (Wildman–Crippen MR) is 64.8 cm³/mol. The Bertz CT molecular complexity index is 594. The average Bonchev–Trinajstić information content (AvgIpc) is 3.03. The lowest BCUT2D eigenvalue weighted by Crippen LogP contribution is -2.31. The third-order valence-corrected chi connectivity index (χ3v) is 2.98. The van der Waals surface area contributed by atoms with Crippen LogP contribution in [0.5, 0.6) is 0 Å². The largest absolute Gasteiger partial charge is 0.452 e. The number of aromatic nitrogens is 2. The molecule has 0 aromatic carbocycles. The number of alkyl halides is 3. The molecule has 0 fully saturated rings. The van der Waals surface area contributed by atoms with Crippen LogP contribution in [-0.4, -0.2) is 22.2 Å². The van der Waals surface area contributed by atoms with Crippen molar-refractivity contribution in [3.05, 3.63) is 23.4 Å². The smallest absolute Gasteiger partial charge is 0.416 e. The van der Waals surface area contributed by atoms with Crippen LogP contribution in [0, 0.1) is 0 Å². The number of hydrogen-bond donors (Lipinski definition) is 1. The van der Waals surface area contributed by atoms with Crippen molar-refractivity contribution in [1.29, 1.82) is 0 Å². The maximum absolute atomic E-state index is 12.1. The maximum Gasteiger partial charge on any atom is 0.452 e. The van der Waals surface area contributed by atoms with Crippen LogP contribution in [0.25, 0.3) is 10.8 Å². The average molecular weight is 306 g/mol. The van der Waals surface area contributed by atoms with E-state index >= 15 is 0 Å². The van der Waals surface area contributed by atoms with E-state index in [0.29, 0.717) is 0 Å². The first-order valence-corrected chi connectivity index (χ1v) is 6.19. The van der Waals surface area contributed by atoms with Gasteiger partial charge in [-0.2, -0.15) is 13.2 Å². The molecule has 2 heterocycles. The Hall–Kier alpha value is -2.10. The lowest BCUT2D eigenvalue weighted by atomic mass is 10.4. The summed E-state index contributed by atoms with van der Waals surface area (Å²) in [6.45, 7) is 1.42. The van der Waals surface area contributed by atoms with Crippen LogP contribution < -0.4 is 5.73 Å². The molecule has 0 bridgehead atoms. The number of amidine groups is 1. The van der Waals surface area contributed by atoms with Crippen LogP contribution in [-0.2, 0) is 4.84 Å². The summed E-state index contributed by atoms with van der Waals surface area (Å²) < 4.78 is 41.6. The third-order valence-electron chi connectivity index (χ3n) is 2.12. The van der Waals surface area contributed by atoms with Gasteiger partial charge in [0, 0.05) is 0 Å². The van der Waals surface area contributed by atoms with Gasteiger partial charge in [-0.15, -0.1) is 21.5 Å². The number of nitrogens with two attached hydrogens (primary N) is 1. The summed E-state index contributed by atoms with van der Waals surface area (Å²) in [5, 5.41) is 12.1. The Kier molecular flexibility index (Phi) is 3.93. The number of thiophene rings is 1. The molecule has 0 aliphatic heterocycles. The van der Waals surface area contributed by atoms with Gasteiger partial charge in [0.15, 0.2) is 0 Å². The molecule has 0 amide bonds. The monoisotopic (exact) mass is 306 g/mol. The Morgan fingerprint density at radius 3 is 2.85 bits per heavy atom. The summed E-state index contributed by atoms with van der Waals surface area (Å²) in [5.41, 5.74) is 4.69. The van der Waals surface area contributed by atoms with E-state index in [2.05, 4.69) is 20.2 Å². The topological polar surface area (TPSA) is 86.5 Å². The fourth-order valence-corrected chi connectivity index (χ4v) is 1.78. The summed E-state index contributed by atoms with van der Waals surface area (Å²) in [6.07, 6.45) is -5.69. The van der Waals surface area contributed by atoms with Gasteiger partial charge in [0.25, 0.3) is 11.8 Å². The van der Waals surface area contributed by atoms with E-state index in [-0.39, 0.29) is 11.8 Å². The Labute approximate surface area is 115 Å².